The van der Waals surface area contributed by atoms with Crippen molar-refractivity contribution in [3.05, 3.63) is 81.5 Å². The molecular formula is C21H20N2O3S2. The summed E-state index contributed by atoms with van der Waals surface area (Å²) in [5, 5.41) is 2.04. The van der Waals surface area contributed by atoms with Crippen LogP contribution < -0.4 is 4.72 Å². The van der Waals surface area contributed by atoms with Crippen LogP contribution in [0.4, 0.5) is 5.69 Å². The number of carbonyl (C=O) groups excluding carboxylic acids is 1. The molecule has 0 radical (unpaired) electrons. The third kappa shape index (κ3) is 3.81. The molecule has 1 aliphatic heterocycles. The molecule has 1 aliphatic rings. The highest BCUT2D eigenvalue weighted by Gasteiger charge is 2.24. The van der Waals surface area contributed by atoms with Crippen LogP contribution in [-0.2, 0) is 23.0 Å². The van der Waals surface area contributed by atoms with E-state index in [1.165, 1.54) is 22.6 Å². The van der Waals surface area contributed by atoms with Crippen molar-refractivity contribution < 1.29 is 13.2 Å². The van der Waals surface area contributed by atoms with Crippen LogP contribution in [0.3, 0.4) is 0 Å². The number of sulfonamides is 1. The fraction of sp³-hybridized carbons (Fsp3) is 0.190. The number of nitrogens with zero attached hydrogens (tertiary/aromatic N) is 1. The van der Waals surface area contributed by atoms with Crippen molar-refractivity contribution in [3.8, 4) is 0 Å². The number of carbonyl (C=O) groups is 1. The molecular weight excluding hydrogens is 392 g/mol. The Balaban J connectivity index is 1.55. The second-order valence-corrected chi connectivity index (χ2v) is 9.53. The first-order chi connectivity index (χ1) is 13.4. The van der Waals surface area contributed by atoms with Crippen molar-refractivity contribution in [3.63, 3.8) is 0 Å². The third-order valence-corrected chi connectivity index (χ3v) is 7.19. The summed E-state index contributed by atoms with van der Waals surface area (Å²) in [6, 6.07) is 15.4. The summed E-state index contributed by atoms with van der Waals surface area (Å²) in [5.41, 5.74) is 3.09. The van der Waals surface area contributed by atoms with Crippen LogP contribution in [0.15, 0.2) is 64.9 Å². The first-order valence-electron chi connectivity index (χ1n) is 8.96. The summed E-state index contributed by atoms with van der Waals surface area (Å²) in [5.74, 6) is -0.149. The topological polar surface area (TPSA) is 66.5 Å². The number of hydrogen-bond acceptors (Lipinski definition) is 4. The van der Waals surface area contributed by atoms with Crippen molar-refractivity contribution in [1.29, 1.82) is 0 Å². The number of amides is 1. The maximum Gasteiger partial charge on any atom is 0.261 e. The normalized spacial score (nSPS) is 13.8. The van der Waals surface area contributed by atoms with Crippen LogP contribution in [0.5, 0.6) is 0 Å². The molecule has 2 aromatic carbocycles. The smallest absolute Gasteiger partial charge is 0.261 e. The lowest BCUT2D eigenvalue weighted by Crippen LogP contribution is -2.35. The number of aryl methyl sites for hydroxylation is 1. The number of hydrogen-bond donors (Lipinski definition) is 1. The van der Waals surface area contributed by atoms with E-state index in [0.29, 0.717) is 24.3 Å². The molecule has 0 saturated heterocycles. The SMILES string of the molecule is Cc1ccc(NS(=O)(=O)c2cccc(C(=O)N3CCc4sccc4C3)c2)cc1. The fourth-order valence-corrected chi connectivity index (χ4v) is 5.23. The summed E-state index contributed by atoms with van der Waals surface area (Å²) in [7, 11) is -3.77. The van der Waals surface area contributed by atoms with Gasteiger partial charge in [-0.05, 0) is 60.7 Å². The summed E-state index contributed by atoms with van der Waals surface area (Å²) in [6.45, 7) is 3.15. The number of thiophene rings is 1. The number of anilines is 1. The summed E-state index contributed by atoms with van der Waals surface area (Å²) in [6.07, 6.45) is 0.839. The van der Waals surface area contributed by atoms with Gasteiger partial charge in [0.15, 0.2) is 0 Å². The quantitative estimate of drug-likeness (QED) is 0.703. The molecule has 0 fully saturated rings. The average molecular weight is 413 g/mol. The molecule has 1 aromatic heterocycles. The minimum atomic E-state index is -3.77. The van der Waals surface area contributed by atoms with E-state index in [1.54, 1.807) is 40.5 Å². The Kier molecular flexibility index (Phi) is 4.95. The Morgan fingerprint density at radius 1 is 1.11 bits per heavy atom. The van der Waals surface area contributed by atoms with Gasteiger partial charge >= 0.3 is 0 Å². The monoisotopic (exact) mass is 412 g/mol. The van der Waals surface area contributed by atoms with Crippen LogP contribution in [0.25, 0.3) is 0 Å². The molecule has 1 amide bonds. The van der Waals surface area contributed by atoms with Crippen molar-refractivity contribution in [2.24, 2.45) is 0 Å². The number of fused-ring (bicyclic) bond motifs is 1. The van der Waals surface area contributed by atoms with Gasteiger partial charge in [-0.3, -0.25) is 9.52 Å². The van der Waals surface area contributed by atoms with Gasteiger partial charge in [-0.25, -0.2) is 8.42 Å². The lowest BCUT2D eigenvalue weighted by Gasteiger charge is -2.27. The second kappa shape index (κ2) is 7.41. The molecule has 144 valence electrons. The van der Waals surface area contributed by atoms with Crippen molar-refractivity contribution in [2.75, 3.05) is 11.3 Å². The molecule has 28 heavy (non-hydrogen) atoms. The summed E-state index contributed by atoms with van der Waals surface area (Å²) < 4.78 is 28.0. The molecule has 0 aliphatic carbocycles. The van der Waals surface area contributed by atoms with Crippen LogP contribution in [0.2, 0.25) is 0 Å². The highest BCUT2D eigenvalue weighted by molar-refractivity contribution is 7.92. The van der Waals surface area contributed by atoms with Gasteiger partial charge in [0, 0.05) is 29.2 Å². The van der Waals surface area contributed by atoms with Gasteiger partial charge in [-0.1, -0.05) is 23.8 Å². The average Bonchev–Trinajstić information content (AvgIpc) is 3.17. The molecule has 0 saturated carbocycles. The Hall–Kier alpha value is -2.64. The van der Waals surface area contributed by atoms with Crippen LogP contribution in [-0.4, -0.2) is 25.8 Å². The molecule has 5 nitrogen and oxygen atoms in total. The van der Waals surface area contributed by atoms with Gasteiger partial charge in [0.2, 0.25) is 0 Å². The maximum atomic E-state index is 12.9. The lowest BCUT2D eigenvalue weighted by molar-refractivity contribution is 0.0735. The highest BCUT2D eigenvalue weighted by Crippen LogP contribution is 2.25. The molecule has 7 heteroatoms. The minimum Gasteiger partial charge on any atom is -0.334 e. The van der Waals surface area contributed by atoms with Gasteiger partial charge < -0.3 is 4.90 Å². The Bertz CT molecular complexity index is 1120. The van der Waals surface area contributed by atoms with E-state index in [4.69, 9.17) is 0 Å². The Morgan fingerprint density at radius 3 is 2.68 bits per heavy atom. The van der Waals surface area contributed by atoms with Gasteiger partial charge in [0.25, 0.3) is 15.9 Å². The predicted molar refractivity (Wildman–Crippen MR) is 111 cm³/mol. The third-order valence-electron chi connectivity index (χ3n) is 4.79. The largest absolute Gasteiger partial charge is 0.334 e. The van der Waals surface area contributed by atoms with Gasteiger partial charge in [0.1, 0.15) is 0 Å². The first kappa shape index (κ1) is 18.7. The van der Waals surface area contributed by atoms with E-state index in [2.05, 4.69) is 4.72 Å². The summed E-state index contributed by atoms with van der Waals surface area (Å²) in [4.78, 5) is 16.1. The standard InChI is InChI=1S/C21H20N2O3S2/c1-15-5-7-18(8-6-15)22-28(25,26)19-4-2-3-16(13-19)21(24)23-11-9-20-17(14-23)10-12-27-20/h2-8,10,12-13,22H,9,11,14H2,1H3. The van der Waals surface area contributed by atoms with Crippen molar-refractivity contribution in [1.82, 2.24) is 4.90 Å². The van der Waals surface area contributed by atoms with E-state index in [1.807, 2.05) is 30.5 Å². The van der Waals surface area contributed by atoms with Crippen LogP contribution >= 0.6 is 11.3 Å². The fourth-order valence-electron chi connectivity index (χ4n) is 3.24. The van der Waals surface area contributed by atoms with Crippen molar-refractivity contribution >= 4 is 33.0 Å². The molecule has 3 aromatic rings. The molecule has 0 bridgehead atoms. The van der Waals surface area contributed by atoms with Crippen LogP contribution in [0.1, 0.15) is 26.4 Å². The predicted octanol–water partition coefficient (Wildman–Crippen LogP) is 4.06. The lowest BCUT2D eigenvalue weighted by atomic mass is 10.1. The van der Waals surface area contributed by atoms with E-state index >= 15 is 0 Å². The van der Waals surface area contributed by atoms with E-state index in [-0.39, 0.29) is 10.8 Å². The van der Waals surface area contributed by atoms with Crippen LogP contribution in [0, 0.1) is 6.92 Å². The zero-order valence-corrected chi connectivity index (χ0v) is 17.0. The van der Waals surface area contributed by atoms with E-state index in [9.17, 15) is 13.2 Å². The zero-order chi connectivity index (χ0) is 19.7. The first-order valence-corrected chi connectivity index (χ1v) is 11.3. The van der Waals surface area contributed by atoms with Crippen molar-refractivity contribution in [2.45, 2.75) is 24.8 Å². The zero-order valence-electron chi connectivity index (χ0n) is 15.4. The second-order valence-electron chi connectivity index (χ2n) is 6.85. The Morgan fingerprint density at radius 2 is 1.89 bits per heavy atom. The summed E-state index contributed by atoms with van der Waals surface area (Å²) >= 11 is 1.72. The molecule has 0 spiro atoms. The molecule has 4 rings (SSSR count). The van der Waals surface area contributed by atoms with E-state index in [0.717, 1.165) is 12.0 Å². The number of benzene rings is 2. The number of nitrogens with one attached hydrogen (secondary N) is 1. The number of rotatable bonds is 4. The minimum absolute atomic E-state index is 0.0761. The molecule has 0 atom stereocenters. The molecule has 2 heterocycles. The van der Waals surface area contributed by atoms with Gasteiger partial charge in [-0.2, -0.15) is 0 Å². The van der Waals surface area contributed by atoms with Gasteiger partial charge in [-0.15, -0.1) is 11.3 Å². The molecule has 1 N–H and O–H groups in total. The highest BCUT2D eigenvalue weighted by atomic mass is 32.2. The molecule has 0 unspecified atom stereocenters. The van der Waals surface area contributed by atoms with E-state index < -0.39 is 10.0 Å². The maximum absolute atomic E-state index is 12.9. The Labute approximate surface area is 168 Å². The van der Waals surface area contributed by atoms with Gasteiger partial charge in [0.05, 0.1) is 4.90 Å².